The summed E-state index contributed by atoms with van der Waals surface area (Å²) in [6.45, 7) is 3.88. The Morgan fingerprint density at radius 3 is 2.66 bits per heavy atom. The summed E-state index contributed by atoms with van der Waals surface area (Å²) in [6.07, 6.45) is 0.113. The molecule has 1 N–H and O–H groups in total. The first-order valence-corrected chi connectivity index (χ1v) is 11.6. The van der Waals surface area contributed by atoms with E-state index in [2.05, 4.69) is 21.2 Å². The minimum absolute atomic E-state index is 0.113. The molecule has 164 valence electrons. The maximum Gasteiger partial charge on any atom is 0.244 e. The molecule has 0 saturated heterocycles. The van der Waals surface area contributed by atoms with E-state index in [1.807, 2.05) is 50.2 Å². The van der Waals surface area contributed by atoms with Crippen LogP contribution in [0.15, 0.2) is 57.3 Å². The van der Waals surface area contributed by atoms with Gasteiger partial charge in [-0.05, 0) is 77.3 Å². The predicted molar refractivity (Wildman–Crippen MR) is 133 cm³/mol. The molecule has 0 aliphatic carbocycles. The molecule has 8 heteroatoms. The lowest BCUT2D eigenvalue weighted by atomic mass is 10.1. The molecule has 0 saturated carbocycles. The fourth-order valence-corrected chi connectivity index (χ4v) is 4.89. The highest BCUT2D eigenvalue weighted by molar-refractivity contribution is 9.11. The van der Waals surface area contributed by atoms with Crippen molar-refractivity contribution in [3.63, 3.8) is 0 Å². The lowest BCUT2D eigenvalue weighted by Gasteiger charge is -2.23. The summed E-state index contributed by atoms with van der Waals surface area (Å²) in [5.74, 6) is 0.0728. The first-order valence-electron chi connectivity index (χ1n) is 10.0. The third kappa shape index (κ3) is 4.61. The van der Waals surface area contributed by atoms with E-state index >= 15 is 0 Å². The van der Waals surface area contributed by atoms with Gasteiger partial charge in [-0.15, -0.1) is 11.3 Å². The van der Waals surface area contributed by atoms with Crippen LogP contribution in [0.4, 0.5) is 17.1 Å². The van der Waals surface area contributed by atoms with Crippen molar-refractivity contribution in [2.45, 2.75) is 20.3 Å². The molecule has 32 heavy (non-hydrogen) atoms. The van der Waals surface area contributed by atoms with Crippen LogP contribution in [0.2, 0.25) is 0 Å². The summed E-state index contributed by atoms with van der Waals surface area (Å²) in [4.78, 5) is 33.5. The Bertz CT molecular complexity index is 1230. The number of para-hydroxylation sites is 2. The first kappa shape index (κ1) is 22.2. The standard InChI is InChI=1S/C24H22BrN3O3S/c1-14-10-17-19(11-15(14)2)28(13-23(29)27-16-6-4-5-7-20(16)31-3)24(30)12-18(26-17)21-8-9-22(25)32-21/h4-11H,12-13H2,1-3H3,(H,27,29). The number of benzene rings is 2. The lowest BCUT2D eigenvalue weighted by Crippen LogP contribution is -2.38. The zero-order valence-corrected chi connectivity index (χ0v) is 20.3. The number of methoxy groups -OCH3 is 1. The van der Waals surface area contributed by atoms with Crippen LogP contribution in [-0.2, 0) is 9.59 Å². The van der Waals surface area contributed by atoms with Gasteiger partial charge < -0.3 is 15.0 Å². The number of halogens is 1. The van der Waals surface area contributed by atoms with Crippen LogP contribution in [0, 0.1) is 13.8 Å². The highest BCUT2D eigenvalue weighted by Gasteiger charge is 2.28. The van der Waals surface area contributed by atoms with E-state index < -0.39 is 0 Å². The Balaban J connectivity index is 1.67. The van der Waals surface area contributed by atoms with E-state index in [0.29, 0.717) is 28.5 Å². The van der Waals surface area contributed by atoms with Crippen molar-refractivity contribution in [1.82, 2.24) is 0 Å². The number of hydrogen-bond donors (Lipinski definition) is 1. The van der Waals surface area contributed by atoms with Crippen LogP contribution >= 0.6 is 27.3 Å². The van der Waals surface area contributed by atoms with E-state index in [9.17, 15) is 9.59 Å². The van der Waals surface area contributed by atoms with Gasteiger partial charge in [-0.3, -0.25) is 9.59 Å². The molecule has 6 nitrogen and oxygen atoms in total. The molecule has 1 aromatic heterocycles. The number of fused-ring (bicyclic) bond motifs is 1. The van der Waals surface area contributed by atoms with E-state index in [0.717, 1.165) is 19.8 Å². The Morgan fingerprint density at radius 1 is 1.19 bits per heavy atom. The molecule has 1 aliphatic rings. The van der Waals surface area contributed by atoms with Crippen molar-refractivity contribution in [1.29, 1.82) is 0 Å². The Morgan fingerprint density at radius 2 is 1.94 bits per heavy atom. The highest BCUT2D eigenvalue weighted by Crippen LogP contribution is 2.37. The van der Waals surface area contributed by atoms with Gasteiger partial charge in [-0.1, -0.05) is 12.1 Å². The van der Waals surface area contributed by atoms with Gasteiger partial charge in [0.25, 0.3) is 0 Å². The predicted octanol–water partition coefficient (Wildman–Crippen LogP) is 5.63. The van der Waals surface area contributed by atoms with Crippen molar-refractivity contribution >= 4 is 61.9 Å². The molecular formula is C24H22BrN3O3S. The summed E-state index contributed by atoms with van der Waals surface area (Å²) >= 11 is 5.01. The Hall–Kier alpha value is -2.97. The number of amides is 2. The van der Waals surface area contributed by atoms with Gasteiger partial charge >= 0.3 is 0 Å². The first-order chi connectivity index (χ1) is 15.4. The van der Waals surface area contributed by atoms with Gasteiger partial charge in [0.15, 0.2) is 0 Å². The lowest BCUT2D eigenvalue weighted by molar-refractivity contribution is -0.120. The van der Waals surface area contributed by atoms with Crippen LogP contribution in [0.3, 0.4) is 0 Å². The van der Waals surface area contributed by atoms with Gasteiger partial charge in [-0.25, -0.2) is 4.99 Å². The molecule has 0 radical (unpaired) electrons. The third-order valence-corrected chi connectivity index (χ3v) is 6.97. The van der Waals surface area contributed by atoms with Crippen molar-refractivity contribution in [3.05, 3.63) is 68.3 Å². The van der Waals surface area contributed by atoms with E-state index in [-0.39, 0.29) is 24.8 Å². The summed E-state index contributed by atoms with van der Waals surface area (Å²) in [5.41, 5.74) is 4.68. The molecule has 2 heterocycles. The number of ether oxygens (including phenoxy) is 1. The minimum Gasteiger partial charge on any atom is -0.495 e. The van der Waals surface area contributed by atoms with Gasteiger partial charge in [0, 0.05) is 0 Å². The number of carbonyl (C=O) groups excluding carboxylic acids is 2. The molecule has 3 aromatic rings. The molecule has 0 bridgehead atoms. The van der Waals surface area contributed by atoms with Gasteiger partial charge in [0.2, 0.25) is 11.8 Å². The number of nitrogens with one attached hydrogen (secondary N) is 1. The summed E-state index contributed by atoms with van der Waals surface area (Å²) in [6, 6.07) is 15.0. The smallest absolute Gasteiger partial charge is 0.244 e. The highest BCUT2D eigenvalue weighted by atomic mass is 79.9. The van der Waals surface area contributed by atoms with E-state index in [1.165, 1.54) is 16.2 Å². The maximum atomic E-state index is 13.3. The Kier molecular flexibility index (Phi) is 6.43. The molecule has 0 unspecified atom stereocenters. The molecule has 2 aromatic carbocycles. The quantitative estimate of drug-likeness (QED) is 0.482. The van der Waals surface area contributed by atoms with Crippen molar-refractivity contribution in [2.24, 2.45) is 4.99 Å². The summed E-state index contributed by atoms with van der Waals surface area (Å²) in [5, 5.41) is 2.85. The maximum absolute atomic E-state index is 13.3. The largest absolute Gasteiger partial charge is 0.495 e. The molecule has 2 amide bonds. The number of hydrogen-bond acceptors (Lipinski definition) is 5. The molecule has 0 atom stereocenters. The van der Waals surface area contributed by atoms with Gasteiger partial charge in [0.05, 0.1) is 45.0 Å². The van der Waals surface area contributed by atoms with E-state index in [4.69, 9.17) is 9.73 Å². The normalized spacial score (nSPS) is 13.3. The average molecular weight is 512 g/mol. The number of aliphatic imine (C=N–C) groups is 1. The zero-order valence-electron chi connectivity index (χ0n) is 17.9. The van der Waals surface area contributed by atoms with Gasteiger partial charge in [0.1, 0.15) is 12.3 Å². The van der Waals surface area contributed by atoms with Crippen LogP contribution < -0.4 is 15.0 Å². The Labute approximate surface area is 199 Å². The molecule has 4 rings (SSSR count). The second-order valence-electron chi connectivity index (χ2n) is 7.49. The number of aryl methyl sites for hydroxylation is 2. The summed E-state index contributed by atoms with van der Waals surface area (Å²) in [7, 11) is 1.55. The minimum atomic E-state index is -0.311. The third-order valence-electron chi connectivity index (χ3n) is 5.30. The van der Waals surface area contributed by atoms with Crippen molar-refractivity contribution in [3.8, 4) is 5.75 Å². The van der Waals surface area contributed by atoms with Crippen molar-refractivity contribution in [2.75, 3.05) is 23.9 Å². The number of carbonyl (C=O) groups is 2. The SMILES string of the molecule is COc1ccccc1NC(=O)CN1C(=O)CC(c2ccc(Br)s2)=Nc2cc(C)c(C)cc21. The molecule has 0 spiro atoms. The second-order valence-corrected chi connectivity index (χ2v) is 9.96. The van der Waals surface area contributed by atoms with Crippen LogP contribution in [-0.4, -0.2) is 31.2 Å². The van der Waals surface area contributed by atoms with Crippen LogP contribution in [0.1, 0.15) is 22.4 Å². The van der Waals surface area contributed by atoms with Crippen LogP contribution in [0.5, 0.6) is 5.75 Å². The topological polar surface area (TPSA) is 71.0 Å². The second kappa shape index (κ2) is 9.26. The van der Waals surface area contributed by atoms with Crippen LogP contribution in [0.25, 0.3) is 0 Å². The van der Waals surface area contributed by atoms with Crippen molar-refractivity contribution < 1.29 is 14.3 Å². The molecule has 1 aliphatic heterocycles. The fourth-order valence-electron chi connectivity index (χ4n) is 3.52. The number of nitrogens with zero attached hydrogens (tertiary/aromatic N) is 2. The summed E-state index contributed by atoms with van der Waals surface area (Å²) < 4.78 is 6.28. The number of anilines is 2. The number of rotatable bonds is 5. The average Bonchev–Trinajstić information content (AvgIpc) is 3.15. The fraction of sp³-hybridized carbons (Fsp3) is 0.208. The zero-order chi connectivity index (χ0) is 22.8. The van der Waals surface area contributed by atoms with Gasteiger partial charge in [-0.2, -0.15) is 0 Å². The number of thiophene rings is 1. The van der Waals surface area contributed by atoms with E-state index in [1.54, 1.807) is 19.2 Å². The monoisotopic (exact) mass is 511 g/mol. The molecule has 0 fully saturated rings. The molecular weight excluding hydrogens is 490 g/mol.